The summed E-state index contributed by atoms with van der Waals surface area (Å²) < 4.78 is 0. The van der Waals surface area contributed by atoms with Gasteiger partial charge in [0.1, 0.15) is 0 Å². The molecule has 1 unspecified atom stereocenters. The lowest BCUT2D eigenvalue weighted by atomic mass is 10.1. The maximum atomic E-state index is 6.10. The molecule has 100 valence electrons. The fourth-order valence-corrected chi connectivity index (χ4v) is 2.55. The molecule has 3 rings (SSSR count). The molecule has 1 aromatic heterocycles. The molecule has 3 aromatic rings. The lowest BCUT2D eigenvalue weighted by Gasteiger charge is -2.09. The Morgan fingerprint density at radius 2 is 1.80 bits per heavy atom. The molecule has 3 heteroatoms. The topological polar surface area (TPSA) is 25.8 Å². The van der Waals surface area contributed by atoms with Crippen molar-refractivity contribution in [2.45, 2.75) is 19.2 Å². The van der Waals surface area contributed by atoms with E-state index in [9.17, 15) is 0 Å². The Labute approximate surface area is 123 Å². The van der Waals surface area contributed by atoms with E-state index in [1.807, 2.05) is 32.2 Å². The van der Waals surface area contributed by atoms with E-state index in [4.69, 9.17) is 11.6 Å². The zero-order chi connectivity index (χ0) is 14.1. The minimum atomic E-state index is -0.0688. The number of fused-ring (bicyclic) bond motifs is 1. The van der Waals surface area contributed by atoms with E-state index in [2.05, 4.69) is 40.3 Å². The van der Waals surface area contributed by atoms with E-state index in [-0.39, 0.29) is 5.38 Å². The first-order valence-electron chi connectivity index (χ1n) is 6.62. The highest BCUT2D eigenvalue weighted by molar-refractivity contribution is 6.20. The summed E-state index contributed by atoms with van der Waals surface area (Å²) in [5.74, 6) is 0.745. The molecule has 0 aliphatic rings. The molecule has 1 atom stereocenters. The van der Waals surface area contributed by atoms with Crippen LogP contribution in [0.25, 0.3) is 22.2 Å². The van der Waals surface area contributed by atoms with E-state index >= 15 is 0 Å². The van der Waals surface area contributed by atoms with Crippen molar-refractivity contribution in [3.05, 3.63) is 59.9 Å². The van der Waals surface area contributed by atoms with Gasteiger partial charge in [0, 0.05) is 23.0 Å². The van der Waals surface area contributed by atoms with Crippen LogP contribution in [0.1, 0.15) is 23.6 Å². The summed E-state index contributed by atoms with van der Waals surface area (Å²) in [5.41, 5.74) is 2.95. The fourth-order valence-electron chi connectivity index (χ4n) is 2.33. The molecule has 20 heavy (non-hydrogen) atoms. The van der Waals surface area contributed by atoms with Crippen molar-refractivity contribution < 1.29 is 0 Å². The maximum Gasteiger partial charge on any atom is 0.159 e. The first-order chi connectivity index (χ1) is 9.65. The van der Waals surface area contributed by atoms with Gasteiger partial charge < -0.3 is 0 Å². The average molecular weight is 283 g/mol. The van der Waals surface area contributed by atoms with Gasteiger partial charge in [0.05, 0.1) is 5.38 Å². The smallest absolute Gasteiger partial charge is 0.159 e. The summed E-state index contributed by atoms with van der Waals surface area (Å²) in [6, 6.07) is 14.6. The van der Waals surface area contributed by atoms with Gasteiger partial charge in [0.25, 0.3) is 0 Å². The Kier molecular flexibility index (Phi) is 3.41. The monoisotopic (exact) mass is 282 g/mol. The molecule has 0 bridgehead atoms. The number of aromatic nitrogens is 2. The largest absolute Gasteiger partial charge is 0.236 e. The maximum absolute atomic E-state index is 6.10. The standard InChI is InChI=1S/C17H15ClN2/c1-11(18)16-10-19-17(20-12(16)2)15-8-7-13-5-3-4-6-14(13)9-15/h3-11H,1-2H3. The summed E-state index contributed by atoms with van der Waals surface area (Å²) in [6.45, 7) is 3.91. The van der Waals surface area contributed by atoms with Gasteiger partial charge in [-0.1, -0.05) is 36.4 Å². The van der Waals surface area contributed by atoms with Crippen LogP contribution in [-0.2, 0) is 0 Å². The van der Waals surface area contributed by atoms with Crippen LogP contribution in [0, 0.1) is 6.92 Å². The number of benzene rings is 2. The van der Waals surface area contributed by atoms with Crippen LogP contribution in [0.15, 0.2) is 48.7 Å². The Hall–Kier alpha value is -1.93. The molecule has 2 nitrogen and oxygen atoms in total. The van der Waals surface area contributed by atoms with Crippen LogP contribution in [0.2, 0.25) is 0 Å². The number of rotatable bonds is 2. The zero-order valence-electron chi connectivity index (χ0n) is 11.5. The fraction of sp³-hybridized carbons (Fsp3) is 0.176. The number of halogens is 1. The van der Waals surface area contributed by atoms with Gasteiger partial charge in [-0.3, -0.25) is 0 Å². The second-order valence-corrected chi connectivity index (χ2v) is 5.57. The Morgan fingerprint density at radius 1 is 1.05 bits per heavy atom. The molecular weight excluding hydrogens is 268 g/mol. The van der Waals surface area contributed by atoms with Gasteiger partial charge in [-0.2, -0.15) is 0 Å². The second kappa shape index (κ2) is 5.22. The van der Waals surface area contributed by atoms with Gasteiger partial charge in [0.15, 0.2) is 5.82 Å². The van der Waals surface area contributed by atoms with Gasteiger partial charge in [-0.15, -0.1) is 11.6 Å². The zero-order valence-corrected chi connectivity index (χ0v) is 12.2. The quantitative estimate of drug-likeness (QED) is 0.625. The number of nitrogens with zero attached hydrogens (tertiary/aromatic N) is 2. The molecule has 0 amide bonds. The van der Waals surface area contributed by atoms with Crippen molar-refractivity contribution in [1.82, 2.24) is 9.97 Å². The third-order valence-corrected chi connectivity index (χ3v) is 3.69. The van der Waals surface area contributed by atoms with Crippen molar-refractivity contribution in [1.29, 1.82) is 0 Å². The summed E-state index contributed by atoms with van der Waals surface area (Å²) in [5, 5.41) is 2.35. The number of alkyl halides is 1. The van der Waals surface area contributed by atoms with Crippen LogP contribution >= 0.6 is 11.6 Å². The van der Waals surface area contributed by atoms with E-state index in [0.29, 0.717) is 0 Å². The number of hydrogen-bond acceptors (Lipinski definition) is 2. The van der Waals surface area contributed by atoms with Crippen molar-refractivity contribution in [2.24, 2.45) is 0 Å². The summed E-state index contributed by atoms with van der Waals surface area (Å²) >= 11 is 6.10. The highest BCUT2D eigenvalue weighted by atomic mass is 35.5. The minimum Gasteiger partial charge on any atom is -0.236 e. The Bertz CT molecular complexity index is 766. The Balaban J connectivity index is 2.08. The molecular formula is C17H15ClN2. The van der Waals surface area contributed by atoms with Gasteiger partial charge >= 0.3 is 0 Å². The van der Waals surface area contributed by atoms with Crippen LogP contribution < -0.4 is 0 Å². The SMILES string of the molecule is Cc1nc(-c2ccc3ccccc3c2)ncc1C(C)Cl. The van der Waals surface area contributed by atoms with Crippen LogP contribution in [0.4, 0.5) is 0 Å². The highest BCUT2D eigenvalue weighted by Gasteiger charge is 2.09. The first kappa shape index (κ1) is 13.1. The summed E-state index contributed by atoms with van der Waals surface area (Å²) in [6.07, 6.45) is 1.82. The van der Waals surface area contributed by atoms with E-state index in [1.54, 1.807) is 0 Å². The molecule has 0 saturated heterocycles. The molecule has 0 radical (unpaired) electrons. The summed E-state index contributed by atoms with van der Waals surface area (Å²) in [7, 11) is 0. The lowest BCUT2D eigenvalue weighted by molar-refractivity contribution is 0.976. The van der Waals surface area contributed by atoms with Crippen molar-refractivity contribution in [3.8, 4) is 11.4 Å². The average Bonchev–Trinajstić information content (AvgIpc) is 2.46. The van der Waals surface area contributed by atoms with Crippen LogP contribution in [-0.4, -0.2) is 9.97 Å². The molecule has 0 saturated carbocycles. The normalized spacial score (nSPS) is 12.6. The van der Waals surface area contributed by atoms with E-state index < -0.39 is 0 Å². The Morgan fingerprint density at radius 3 is 2.50 bits per heavy atom. The third kappa shape index (κ3) is 2.39. The van der Waals surface area contributed by atoms with Crippen LogP contribution in [0.5, 0.6) is 0 Å². The molecule has 0 aliphatic carbocycles. The van der Waals surface area contributed by atoms with Crippen molar-refractivity contribution in [3.63, 3.8) is 0 Å². The molecule has 0 fully saturated rings. The van der Waals surface area contributed by atoms with Gasteiger partial charge in [-0.05, 0) is 30.7 Å². The first-order valence-corrected chi connectivity index (χ1v) is 7.05. The second-order valence-electron chi connectivity index (χ2n) is 4.91. The number of aryl methyl sites for hydroxylation is 1. The van der Waals surface area contributed by atoms with E-state index in [0.717, 1.165) is 22.6 Å². The molecule has 0 N–H and O–H groups in total. The lowest BCUT2D eigenvalue weighted by Crippen LogP contribution is -1.98. The highest BCUT2D eigenvalue weighted by Crippen LogP contribution is 2.25. The number of hydrogen-bond donors (Lipinski definition) is 0. The van der Waals surface area contributed by atoms with Crippen molar-refractivity contribution in [2.75, 3.05) is 0 Å². The van der Waals surface area contributed by atoms with E-state index in [1.165, 1.54) is 10.8 Å². The summed E-state index contributed by atoms with van der Waals surface area (Å²) in [4.78, 5) is 9.02. The predicted octanol–water partition coefficient (Wildman–Crippen LogP) is 4.91. The molecule has 0 spiro atoms. The predicted molar refractivity (Wildman–Crippen MR) is 84.0 cm³/mol. The van der Waals surface area contributed by atoms with Gasteiger partial charge in [-0.25, -0.2) is 9.97 Å². The van der Waals surface area contributed by atoms with Crippen LogP contribution in [0.3, 0.4) is 0 Å². The van der Waals surface area contributed by atoms with Crippen molar-refractivity contribution >= 4 is 22.4 Å². The molecule has 1 heterocycles. The third-order valence-electron chi connectivity index (χ3n) is 3.45. The molecule has 0 aliphatic heterocycles. The molecule has 2 aromatic carbocycles. The van der Waals surface area contributed by atoms with Gasteiger partial charge in [0.2, 0.25) is 0 Å². The minimum absolute atomic E-state index is 0.0688.